The highest BCUT2D eigenvalue weighted by Gasteiger charge is 2.03. The number of nitrogens with two attached hydrogens (primary N) is 1. The fourth-order valence-electron chi connectivity index (χ4n) is 1.31. The third-order valence-corrected chi connectivity index (χ3v) is 1.92. The number of hydrogen-bond acceptors (Lipinski definition) is 2. The molecule has 0 aliphatic carbocycles. The minimum absolute atomic E-state index is 0.456. The van der Waals surface area contributed by atoms with Gasteiger partial charge in [0, 0.05) is 25.0 Å². The van der Waals surface area contributed by atoms with E-state index in [1.54, 1.807) is 4.52 Å². The van der Waals surface area contributed by atoms with E-state index < -0.39 is 0 Å². The Balaban J connectivity index is 2.53. The van der Waals surface area contributed by atoms with Crippen LogP contribution >= 0.6 is 0 Å². The Morgan fingerprint density at radius 1 is 1.54 bits per heavy atom. The maximum Gasteiger partial charge on any atom is 0.136 e. The second-order valence-electron chi connectivity index (χ2n) is 2.77. The summed E-state index contributed by atoms with van der Waals surface area (Å²) in [6, 6.07) is 1.94. The summed E-state index contributed by atoms with van der Waals surface area (Å²) in [4.78, 5) is 0. The van der Waals surface area contributed by atoms with Gasteiger partial charge in [-0.1, -0.05) is 5.92 Å². The third-order valence-electron chi connectivity index (χ3n) is 1.92. The molecular weight excluding hydrogens is 164 g/mol. The van der Waals surface area contributed by atoms with Crippen LogP contribution in [0, 0.1) is 12.3 Å². The molecule has 2 N–H and O–H groups in total. The monoisotopic (exact) mass is 174 g/mol. The molecule has 0 aliphatic rings. The van der Waals surface area contributed by atoms with Crippen LogP contribution in [0.4, 0.5) is 0 Å². The zero-order chi connectivity index (χ0) is 9.26. The largest absolute Gasteiger partial charge is 0.325 e. The molecule has 0 amide bonds. The minimum Gasteiger partial charge on any atom is -0.325 e. The number of fused-ring (bicyclic) bond motifs is 1. The molecule has 4 nitrogen and oxygen atoms in total. The maximum atomic E-state index is 5.47. The van der Waals surface area contributed by atoms with Crippen molar-refractivity contribution in [2.45, 2.75) is 13.1 Å². The van der Waals surface area contributed by atoms with Crippen molar-refractivity contribution < 1.29 is 0 Å². The molecule has 0 saturated heterocycles. The van der Waals surface area contributed by atoms with E-state index in [0.717, 1.165) is 11.3 Å². The number of rotatable bonds is 2. The third kappa shape index (κ3) is 1.19. The topological polar surface area (TPSA) is 48.2 Å². The average molecular weight is 174 g/mol. The molecule has 0 bridgehead atoms. The van der Waals surface area contributed by atoms with E-state index in [1.807, 2.05) is 23.0 Å². The lowest BCUT2D eigenvalue weighted by Gasteiger charge is -1.93. The van der Waals surface area contributed by atoms with Crippen LogP contribution in [0.2, 0.25) is 0 Å². The van der Waals surface area contributed by atoms with Crippen molar-refractivity contribution in [2.75, 3.05) is 0 Å². The number of nitrogens with zero attached hydrogens (tertiary/aromatic N) is 3. The van der Waals surface area contributed by atoms with Gasteiger partial charge in [0.15, 0.2) is 0 Å². The summed E-state index contributed by atoms with van der Waals surface area (Å²) in [6.45, 7) is 1.02. The van der Waals surface area contributed by atoms with Crippen LogP contribution in [0.3, 0.4) is 0 Å². The Kier molecular flexibility index (Phi) is 1.80. The van der Waals surface area contributed by atoms with E-state index in [9.17, 15) is 0 Å². The summed E-state index contributed by atoms with van der Waals surface area (Å²) in [6.07, 6.45) is 9.00. The Labute approximate surface area is 76.0 Å². The Morgan fingerprint density at radius 3 is 3.08 bits per heavy atom. The molecule has 0 aromatic carbocycles. The molecule has 0 atom stereocenters. The number of aromatic nitrogens is 3. The van der Waals surface area contributed by atoms with Crippen LogP contribution in [0.15, 0.2) is 18.5 Å². The number of hydrogen-bond donors (Lipinski definition) is 1. The zero-order valence-electron chi connectivity index (χ0n) is 7.14. The fourth-order valence-corrected chi connectivity index (χ4v) is 1.31. The van der Waals surface area contributed by atoms with Crippen molar-refractivity contribution >= 4 is 5.65 Å². The van der Waals surface area contributed by atoms with Crippen LogP contribution in [-0.4, -0.2) is 14.2 Å². The van der Waals surface area contributed by atoms with Crippen molar-refractivity contribution in [1.82, 2.24) is 14.2 Å². The summed E-state index contributed by atoms with van der Waals surface area (Å²) in [5.74, 6) is 2.58. The van der Waals surface area contributed by atoms with Crippen LogP contribution in [0.5, 0.6) is 0 Å². The highest BCUT2D eigenvalue weighted by Crippen LogP contribution is 2.07. The zero-order valence-corrected chi connectivity index (χ0v) is 7.14. The number of imidazole rings is 1. The van der Waals surface area contributed by atoms with E-state index in [1.165, 1.54) is 0 Å². The van der Waals surface area contributed by atoms with Gasteiger partial charge in [-0.15, -0.1) is 6.42 Å². The lowest BCUT2D eigenvalue weighted by Crippen LogP contribution is -1.96. The first-order valence-corrected chi connectivity index (χ1v) is 4.02. The summed E-state index contributed by atoms with van der Waals surface area (Å²) in [5, 5.41) is 4.24. The van der Waals surface area contributed by atoms with Crippen molar-refractivity contribution in [3.8, 4) is 12.3 Å². The second-order valence-corrected chi connectivity index (χ2v) is 2.77. The average Bonchev–Trinajstić information content (AvgIpc) is 2.67. The normalized spacial score (nSPS) is 10.5. The molecule has 0 spiro atoms. The van der Waals surface area contributed by atoms with E-state index in [0.29, 0.717) is 13.1 Å². The first-order chi connectivity index (χ1) is 6.35. The lowest BCUT2D eigenvalue weighted by molar-refractivity contribution is 0.861. The summed E-state index contributed by atoms with van der Waals surface area (Å²) < 4.78 is 3.73. The smallest absolute Gasteiger partial charge is 0.136 e. The molecule has 66 valence electrons. The molecule has 0 aliphatic heterocycles. The Hall–Kier alpha value is -1.73. The minimum atomic E-state index is 0.456. The van der Waals surface area contributed by atoms with E-state index in [2.05, 4.69) is 11.0 Å². The SMILES string of the molecule is C#CCn1ccn2nc(CN)cc12. The quantitative estimate of drug-likeness (QED) is 0.662. The molecule has 0 radical (unpaired) electrons. The predicted octanol–water partition coefficient (Wildman–Crippen LogP) is 0.228. The van der Waals surface area contributed by atoms with Crippen LogP contribution < -0.4 is 5.73 Å². The Bertz CT molecular complexity index is 457. The summed E-state index contributed by atoms with van der Waals surface area (Å²) in [5.41, 5.74) is 7.33. The Morgan fingerprint density at radius 2 is 2.38 bits per heavy atom. The van der Waals surface area contributed by atoms with Crippen molar-refractivity contribution in [1.29, 1.82) is 0 Å². The standard InChI is InChI=1S/C9H10N4/c1-2-3-12-4-5-13-9(12)6-8(7-10)11-13/h1,4-6H,3,7,10H2. The van der Waals surface area contributed by atoms with Gasteiger partial charge in [0.25, 0.3) is 0 Å². The second kappa shape index (κ2) is 2.96. The van der Waals surface area contributed by atoms with Crippen molar-refractivity contribution in [2.24, 2.45) is 5.73 Å². The first-order valence-electron chi connectivity index (χ1n) is 4.02. The van der Waals surface area contributed by atoms with Gasteiger partial charge in [0.05, 0.1) is 12.2 Å². The summed E-state index contributed by atoms with van der Waals surface area (Å²) >= 11 is 0. The van der Waals surface area contributed by atoms with Crippen molar-refractivity contribution in [3.63, 3.8) is 0 Å². The number of terminal acetylenes is 1. The van der Waals surface area contributed by atoms with E-state index in [-0.39, 0.29) is 0 Å². The lowest BCUT2D eigenvalue weighted by atomic mass is 10.4. The van der Waals surface area contributed by atoms with Gasteiger partial charge >= 0.3 is 0 Å². The van der Waals surface area contributed by atoms with Gasteiger partial charge in [0.1, 0.15) is 5.65 Å². The molecule has 2 heterocycles. The summed E-state index contributed by atoms with van der Waals surface area (Å²) in [7, 11) is 0. The molecular formula is C9H10N4. The molecule has 2 aromatic heterocycles. The molecule has 0 fully saturated rings. The van der Waals surface area contributed by atoms with Gasteiger partial charge in [-0.05, 0) is 0 Å². The van der Waals surface area contributed by atoms with Gasteiger partial charge in [-0.3, -0.25) is 0 Å². The highest BCUT2D eigenvalue weighted by molar-refractivity contribution is 5.41. The molecule has 4 heteroatoms. The van der Waals surface area contributed by atoms with Crippen molar-refractivity contribution in [3.05, 3.63) is 24.2 Å². The van der Waals surface area contributed by atoms with Gasteiger partial charge < -0.3 is 10.3 Å². The molecule has 0 unspecified atom stereocenters. The molecule has 0 saturated carbocycles. The predicted molar refractivity (Wildman–Crippen MR) is 49.9 cm³/mol. The van der Waals surface area contributed by atoms with E-state index in [4.69, 9.17) is 12.2 Å². The first kappa shape index (κ1) is 7.90. The maximum absolute atomic E-state index is 5.47. The molecule has 13 heavy (non-hydrogen) atoms. The van der Waals surface area contributed by atoms with Crippen LogP contribution in [0.1, 0.15) is 5.69 Å². The molecule has 2 aromatic rings. The van der Waals surface area contributed by atoms with Gasteiger partial charge in [-0.2, -0.15) is 5.10 Å². The van der Waals surface area contributed by atoms with Gasteiger partial charge in [-0.25, -0.2) is 4.52 Å². The molecule has 2 rings (SSSR count). The van der Waals surface area contributed by atoms with Crippen LogP contribution in [-0.2, 0) is 13.1 Å². The fraction of sp³-hybridized carbons (Fsp3) is 0.222. The van der Waals surface area contributed by atoms with Gasteiger partial charge in [0.2, 0.25) is 0 Å². The highest BCUT2D eigenvalue weighted by atomic mass is 15.3. The van der Waals surface area contributed by atoms with Crippen LogP contribution in [0.25, 0.3) is 5.65 Å². The van der Waals surface area contributed by atoms with E-state index >= 15 is 0 Å².